The second-order valence-electron chi connectivity index (χ2n) is 14.2. The van der Waals surface area contributed by atoms with E-state index in [4.69, 9.17) is 9.97 Å². The third-order valence-electron chi connectivity index (χ3n) is 11.1. The van der Waals surface area contributed by atoms with Crippen molar-refractivity contribution in [2.45, 2.75) is 0 Å². The first-order valence-electron chi connectivity index (χ1n) is 18.6. The van der Waals surface area contributed by atoms with Gasteiger partial charge >= 0.3 is 0 Å². The topological polar surface area (TPSA) is 35.6 Å². The molecule has 0 bridgehead atoms. The molecule has 0 radical (unpaired) electrons. The van der Waals surface area contributed by atoms with Gasteiger partial charge in [0.2, 0.25) is 5.95 Å². The third-order valence-corrected chi connectivity index (χ3v) is 12.4. The first-order valence-corrected chi connectivity index (χ1v) is 19.4. The fourth-order valence-corrected chi connectivity index (χ4v) is 9.97. The van der Waals surface area contributed by atoms with E-state index >= 15 is 0 Å². The zero-order chi connectivity index (χ0) is 36.0. The fourth-order valence-electron chi connectivity index (χ4n) is 8.70. The summed E-state index contributed by atoms with van der Waals surface area (Å²) in [6.07, 6.45) is 0. The molecule has 0 saturated heterocycles. The molecule has 0 atom stereocenters. The molecule has 4 nitrogen and oxygen atoms in total. The van der Waals surface area contributed by atoms with E-state index in [1.54, 1.807) is 11.3 Å². The van der Waals surface area contributed by atoms with Crippen LogP contribution in [0, 0.1) is 0 Å². The molecule has 55 heavy (non-hydrogen) atoms. The van der Waals surface area contributed by atoms with E-state index in [1.165, 1.54) is 53.7 Å². The SMILES string of the molecule is c1ccc(-c2cc3c4nc(-n5c6ccccc6c6cc7c8ccccc8n(-c8ccccc8)c7cc65)nc(-c5ccccc5)c4sc3c3ccccc23)cc1. The van der Waals surface area contributed by atoms with Gasteiger partial charge in [0.1, 0.15) is 0 Å². The monoisotopic (exact) mass is 718 g/mol. The van der Waals surface area contributed by atoms with Gasteiger partial charge in [-0.05, 0) is 59.0 Å². The molecule has 0 unspecified atom stereocenters. The number of para-hydroxylation sites is 3. The molecule has 256 valence electrons. The summed E-state index contributed by atoms with van der Waals surface area (Å²) in [7, 11) is 0. The maximum Gasteiger partial charge on any atom is 0.235 e. The van der Waals surface area contributed by atoms with Gasteiger partial charge in [-0.15, -0.1) is 11.3 Å². The largest absolute Gasteiger partial charge is 0.309 e. The molecule has 12 rings (SSSR count). The molecule has 0 saturated carbocycles. The van der Waals surface area contributed by atoms with Crippen molar-refractivity contribution >= 4 is 86.0 Å². The van der Waals surface area contributed by atoms with Crippen LogP contribution in [0.5, 0.6) is 0 Å². The van der Waals surface area contributed by atoms with Crippen molar-refractivity contribution in [2.75, 3.05) is 0 Å². The van der Waals surface area contributed by atoms with Gasteiger partial charge < -0.3 is 4.57 Å². The average molecular weight is 719 g/mol. The molecule has 4 aromatic heterocycles. The first-order chi connectivity index (χ1) is 27.3. The lowest BCUT2D eigenvalue weighted by molar-refractivity contribution is 1.02. The minimum absolute atomic E-state index is 0.661. The Balaban J connectivity index is 1.23. The van der Waals surface area contributed by atoms with Crippen LogP contribution >= 0.6 is 11.3 Å². The fraction of sp³-hybridized carbons (Fsp3) is 0. The van der Waals surface area contributed by atoms with Gasteiger partial charge in [-0.2, -0.15) is 0 Å². The highest BCUT2D eigenvalue weighted by Gasteiger charge is 2.23. The van der Waals surface area contributed by atoms with Gasteiger partial charge in [0.25, 0.3) is 0 Å². The van der Waals surface area contributed by atoms with Crippen LogP contribution in [0.3, 0.4) is 0 Å². The van der Waals surface area contributed by atoms with Crippen LogP contribution in [0.1, 0.15) is 0 Å². The Labute approximate surface area is 319 Å². The highest BCUT2D eigenvalue weighted by atomic mass is 32.1. The highest BCUT2D eigenvalue weighted by Crippen LogP contribution is 2.46. The summed E-state index contributed by atoms with van der Waals surface area (Å²) in [5, 5.41) is 8.42. The molecule has 0 aliphatic heterocycles. The maximum atomic E-state index is 5.59. The summed E-state index contributed by atoms with van der Waals surface area (Å²) in [5.41, 5.74) is 11.0. The van der Waals surface area contributed by atoms with E-state index in [0.717, 1.165) is 49.1 Å². The van der Waals surface area contributed by atoms with Crippen LogP contribution in [0.4, 0.5) is 0 Å². The molecule has 8 aromatic carbocycles. The van der Waals surface area contributed by atoms with Gasteiger partial charge in [-0.1, -0.05) is 140 Å². The molecule has 0 fully saturated rings. The Morgan fingerprint density at radius 1 is 0.364 bits per heavy atom. The van der Waals surface area contributed by atoms with Crippen molar-refractivity contribution in [3.8, 4) is 34.0 Å². The molecule has 12 aromatic rings. The van der Waals surface area contributed by atoms with E-state index < -0.39 is 0 Å². The standard InChI is InChI=1S/C50H30N4S/c1-4-16-31(17-5-1)38-28-41-47-49(55-48(41)37-25-11-10-22-34(37)38)46(32-18-6-2-7-19-32)51-50(52-47)54-43-27-15-13-24-36(43)40-29-39-35-23-12-14-26-42(35)53(44(39)30-45(40)54)33-20-8-3-9-21-33/h1-30H. The van der Waals surface area contributed by atoms with Gasteiger partial charge in [0, 0.05) is 48.3 Å². The number of rotatable bonds is 4. The van der Waals surface area contributed by atoms with Crippen LogP contribution in [0.2, 0.25) is 0 Å². The molecule has 0 aliphatic carbocycles. The summed E-state index contributed by atoms with van der Waals surface area (Å²) in [6, 6.07) is 65.2. The number of thiophene rings is 1. The number of hydrogen-bond acceptors (Lipinski definition) is 3. The molecule has 0 amide bonds. The Bertz CT molecular complexity index is 3470. The second kappa shape index (κ2) is 11.7. The second-order valence-corrected chi connectivity index (χ2v) is 15.2. The predicted octanol–water partition coefficient (Wildman–Crippen LogP) is 13.5. The zero-order valence-electron chi connectivity index (χ0n) is 29.5. The predicted molar refractivity (Wildman–Crippen MR) is 232 cm³/mol. The van der Waals surface area contributed by atoms with Gasteiger partial charge in [0.15, 0.2) is 0 Å². The highest BCUT2D eigenvalue weighted by molar-refractivity contribution is 7.27. The van der Waals surface area contributed by atoms with Crippen molar-refractivity contribution in [2.24, 2.45) is 0 Å². The van der Waals surface area contributed by atoms with Crippen molar-refractivity contribution in [3.63, 3.8) is 0 Å². The number of nitrogens with zero attached hydrogens (tertiary/aromatic N) is 4. The van der Waals surface area contributed by atoms with E-state index in [0.29, 0.717) is 5.95 Å². The van der Waals surface area contributed by atoms with Gasteiger partial charge in [-0.3, -0.25) is 4.57 Å². The Hall–Kier alpha value is -7.08. The summed E-state index contributed by atoms with van der Waals surface area (Å²) >= 11 is 1.80. The lowest BCUT2D eigenvalue weighted by atomic mass is 9.96. The van der Waals surface area contributed by atoms with Crippen molar-refractivity contribution < 1.29 is 0 Å². The summed E-state index contributed by atoms with van der Waals surface area (Å²) < 4.78 is 6.98. The average Bonchev–Trinajstić information content (AvgIpc) is 3.90. The smallest absolute Gasteiger partial charge is 0.235 e. The summed E-state index contributed by atoms with van der Waals surface area (Å²) in [5.74, 6) is 0.661. The molecular weight excluding hydrogens is 689 g/mol. The third kappa shape index (κ3) is 4.45. The van der Waals surface area contributed by atoms with E-state index in [1.807, 2.05) is 0 Å². The Morgan fingerprint density at radius 3 is 1.60 bits per heavy atom. The number of hydrogen-bond donors (Lipinski definition) is 0. The quantitative estimate of drug-likeness (QED) is 0.182. The van der Waals surface area contributed by atoms with Crippen molar-refractivity contribution in [1.29, 1.82) is 0 Å². The van der Waals surface area contributed by atoms with Crippen molar-refractivity contribution in [1.82, 2.24) is 19.1 Å². The lowest BCUT2D eigenvalue weighted by Crippen LogP contribution is -2.03. The normalized spacial score (nSPS) is 12.0. The minimum Gasteiger partial charge on any atom is -0.309 e. The van der Waals surface area contributed by atoms with Crippen LogP contribution in [0.15, 0.2) is 182 Å². The summed E-state index contributed by atoms with van der Waals surface area (Å²) in [6.45, 7) is 0. The van der Waals surface area contributed by atoms with E-state index in [-0.39, 0.29) is 0 Å². The van der Waals surface area contributed by atoms with Crippen LogP contribution in [0.25, 0.3) is 109 Å². The number of benzene rings is 8. The molecule has 5 heteroatoms. The Morgan fingerprint density at radius 2 is 0.909 bits per heavy atom. The van der Waals surface area contributed by atoms with Crippen molar-refractivity contribution in [3.05, 3.63) is 182 Å². The van der Waals surface area contributed by atoms with E-state index in [9.17, 15) is 0 Å². The molecule has 4 heterocycles. The Kier molecular flexibility index (Phi) is 6.47. The van der Waals surface area contributed by atoms with Crippen LogP contribution < -0.4 is 0 Å². The minimum atomic E-state index is 0.661. The summed E-state index contributed by atoms with van der Waals surface area (Å²) in [4.78, 5) is 11.1. The van der Waals surface area contributed by atoms with Crippen LogP contribution in [-0.2, 0) is 0 Å². The lowest BCUT2D eigenvalue weighted by Gasteiger charge is -2.11. The zero-order valence-corrected chi connectivity index (χ0v) is 30.3. The molecule has 0 N–H and O–H groups in total. The van der Waals surface area contributed by atoms with E-state index in [2.05, 4.69) is 191 Å². The van der Waals surface area contributed by atoms with Gasteiger partial charge in [-0.25, -0.2) is 9.97 Å². The maximum absolute atomic E-state index is 5.59. The first kappa shape index (κ1) is 30.4. The number of aromatic nitrogens is 4. The number of fused-ring (bicyclic) bond motifs is 11. The molecule has 0 spiro atoms. The van der Waals surface area contributed by atoms with Crippen LogP contribution in [-0.4, -0.2) is 19.1 Å². The van der Waals surface area contributed by atoms with Gasteiger partial charge in [0.05, 0.1) is 38.0 Å². The molecular formula is C50H30N4S. The molecule has 0 aliphatic rings.